The van der Waals surface area contributed by atoms with Crippen LogP contribution < -0.4 is 10.6 Å². The second kappa shape index (κ2) is 7.57. The Kier molecular flexibility index (Phi) is 5.23. The third-order valence-corrected chi connectivity index (χ3v) is 4.42. The van der Waals surface area contributed by atoms with E-state index in [-0.39, 0.29) is 11.9 Å². The van der Waals surface area contributed by atoms with Crippen molar-refractivity contribution in [3.63, 3.8) is 0 Å². The number of rotatable bonds is 4. The van der Waals surface area contributed by atoms with E-state index in [4.69, 9.17) is 11.6 Å². The number of hydrogen-bond donors (Lipinski definition) is 3. The predicted octanol–water partition coefficient (Wildman–Crippen LogP) is 1.84. The molecular formula is C17H20ClN5O2. The minimum atomic E-state index is -0.588. The van der Waals surface area contributed by atoms with Gasteiger partial charge in [-0.25, -0.2) is 9.78 Å². The highest BCUT2D eigenvalue weighted by Crippen LogP contribution is 2.21. The predicted molar refractivity (Wildman–Crippen MR) is 94.0 cm³/mol. The van der Waals surface area contributed by atoms with E-state index in [2.05, 4.69) is 20.6 Å². The fourth-order valence-electron chi connectivity index (χ4n) is 2.85. The number of carbonyl (C=O) groups excluding carboxylic acids is 2. The number of nitrogens with one attached hydrogen (secondary N) is 3. The van der Waals surface area contributed by atoms with Crippen molar-refractivity contribution >= 4 is 23.5 Å². The summed E-state index contributed by atoms with van der Waals surface area (Å²) in [5, 5.41) is 6.31. The Labute approximate surface area is 150 Å². The zero-order valence-electron chi connectivity index (χ0n) is 13.9. The monoisotopic (exact) mass is 361 g/mol. The molecular weight excluding hydrogens is 342 g/mol. The summed E-state index contributed by atoms with van der Waals surface area (Å²) in [6.45, 7) is 3.06. The van der Waals surface area contributed by atoms with Gasteiger partial charge in [0.2, 0.25) is 5.91 Å². The van der Waals surface area contributed by atoms with E-state index < -0.39 is 6.04 Å². The summed E-state index contributed by atoms with van der Waals surface area (Å²) in [5.74, 6) is -0.199. The highest BCUT2D eigenvalue weighted by atomic mass is 35.5. The lowest BCUT2D eigenvalue weighted by atomic mass is 10.0. The molecule has 0 saturated heterocycles. The van der Waals surface area contributed by atoms with Gasteiger partial charge in [0.1, 0.15) is 6.04 Å². The molecule has 1 aliphatic heterocycles. The maximum atomic E-state index is 12.7. The molecule has 7 nitrogen and oxygen atoms in total. The molecule has 3 rings (SSSR count). The van der Waals surface area contributed by atoms with Crippen molar-refractivity contribution in [2.75, 3.05) is 6.54 Å². The molecule has 2 aromatic rings. The summed E-state index contributed by atoms with van der Waals surface area (Å²) in [5.41, 5.74) is 2.64. The molecule has 1 aromatic carbocycles. The van der Waals surface area contributed by atoms with E-state index >= 15 is 0 Å². The number of carbonyl (C=O) groups is 2. The fourth-order valence-corrected chi connectivity index (χ4v) is 2.97. The second-order valence-electron chi connectivity index (χ2n) is 5.86. The van der Waals surface area contributed by atoms with Gasteiger partial charge in [-0.1, -0.05) is 23.7 Å². The van der Waals surface area contributed by atoms with Crippen LogP contribution in [-0.2, 0) is 24.3 Å². The van der Waals surface area contributed by atoms with Crippen molar-refractivity contribution in [1.82, 2.24) is 25.5 Å². The molecule has 0 saturated carbocycles. The lowest BCUT2D eigenvalue weighted by molar-refractivity contribution is -0.126. The molecule has 1 aliphatic rings. The van der Waals surface area contributed by atoms with E-state index in [0.29, 0.717) is 31.1 Å². The molecule has 0 bridgehead atoms. The fraction of sp³-hybridized carbons (Fsp3) is 0.353. The molecule has 0 aliphatic carbocycles. The minimum Gasteiger partial charge on any atom is -0.350 e. The average Bonchev–Trinajstić information content (AvgIpc) is 3.07. The number of fused-ring (bicyclic) bond motifs is 1. The molecule has 1 atom stereocenters. The molecule has 132 valence electrons. The number of urea groups is 1. The smallest absolute Gasteiger partial charge is 0.318 e. The van der Waals surface area contributed by atoms with Crippen LogP contribution in [0.15, 0.2) is 30.6 Å². The number of aromatic nitrogens is 2. The number of amides is 3. The first-order chi connectivity index (χ1) is 12.1. The molecule has 1 aromatic heterocycles. The van der Waals surface area contributed by atoms with Crippen LogP contribution >= 0.6 is 11.6 Å². The minimum absolute atomic E-state index is 0.199. The Morgan fingerprint density at radius 1 is 1.32 bits per heavy atom. The van der Waals surface area contributed by atoms with E-state index in [9.17, 15) is 9.59 Å². The van der Waals surface area contributed by atoms with Gasteiger partial charge in [-0.2, -0.15) is 0 Å². The Balaban J connectivity index is 1.71. The lowest BCUT2D eigenvalue weighted by Crippen LogP contribution is -2.55. The molecule has 0 unspecified atom stereocenters. The highest BCUT2D eigenvalue weighted by Gasteiger charge is 2.35. The van der Waals surface area contributed by atoms with Gasteiger partial charge in [0.15, 0.2) is 0 Å². The van der Waals surface area contributed by atoms with Gasteiger partial charge in [-0.05, 0) is 24.6 Å². The van der Waals surface area contributed by atoms with Crippen LogP contribution in [0.4, 0.5) is 4.79 Å². The average molecular weight is 362 g/mol. The van der Waals surface area contributed by atoms with Crippen LogP contribution in [0.1, 0.15) is 23.9 Å². The summed E-state index contributed by atoms with van der Waals surface area (Å²) in [7, 11) is 0. The summed E-state index contributed by atoms with van der Waals surface area (Å²) >= 11 is 5.87. The molecule has 25 heavy (non-hydrogen) atoms. The summed E-state index contributed by atoms with van der Waals surface area (Å²) in [6.07, 6.45) is 1.98. The largest absolute Gasteiger partial charge is 0.350 e. The first-order valence-electron chi connectivity index (χ1n) is 8.16. The maximum absolute atomic E-state index is 12.7. The van der Waals surface area contributed by atoms with Crippen LogP contribution in [0.25, 0.3) is 0 Å². The van der Waals surface area contributed by atoms with Gasteiger partial charge >= 0.3 is 6.03 Å². The molecule has 0 radical (unpaired) electrons. The van der Waals surface area contributed by atoms with Crippen LogP contribution in [-0.4, -0.2) is 39.4 Å². The number of H-pyrrole nitrogens is 1. The molecule has 3 amide bonds. The van der Waals surface area contributed by atoms with Crippen molar-refractivity contribution in [3.05, 3.63) is 52.6 Å². The number of benzene rings is 1. The molecule has 0 spiro atoms. The van der Waals surface area contributed by atoms with Crippen molar-refractivity contribution < 1.29 is 9.59 Å². The van der Waals surface area contributed by atoms with Gasteiger partial charge in [0.05, 0.1) is 24.3 Å². The van der Waals surface area contributed by atoms with Crippen LogP contribution in [0, 0.1) is 0 Å². The first-order valence-corrected chi connectivity index (χ1v) is 8.54. The Morgan fingerprint density at radius 3 is 2.80 bits per heavy atom. The van der Waals surface area contributed by atoms with Gasteiger partial charge < -0.3 is 20.5 Å². The number of nitrogens with zero attached hydrogens (tertiary/aromatic N) is 2. The van der Waals surface area contributed by atoms with E-state index in [1.165, 1.54) is 0 Å². The van der Waals surface area contributed by atoms with Crippen molar-refractivity contribution in [2.24, 2.45) is 0 Å². The summed E-state index contributed by atoms with van der Waals surface area (Å²) < 4.78 is 0. The Morgan fingerprint density at radius 2 is 2.08 bits per heavy atom. The van der Waals surface area contributed by atoms with E-state index in [0.717, 1.165) is 17.0 Å². The number of halogens is 1. The molecule has 2 heterocycles. The topological polar surface area (TPSA) is 90.1 Å². The zero-order valence-corrected chi connectivity index (χ0v) is 14.6. The van der Waals surface area contributed by atoms with E-state index in [1.807, 2.05) is 19.1 Å². The molecule has 8 heteroatoms. The summed E-state index contributed by atoms with van der Waals surface area (Å²) in [6, 6.07) is 6.43. The molecule has 0 fully saturated rings. The van der Waals surface area contributed by atoms with Crippen LogP contribution in [0.2, 0.25) is 5.02 Å². The Bertz CT molecular complexity index is 759. The lowest BCUT2D eigenvalue weighted by Gasteiger charge is -2.34. The standard InChI is InChI=1S/C17H20ClN5O2/c1-2-19-17(25)23-9-14-13(21-10-22-14)7-15(23)16(24)20-8-11-3-5-12(18)6-4-11/h3-6,10,15H,2,7-9H2,1H3,(H,19,25)(H,20,24)(H,21,22)/t15-/m0/s1. The molecule has 3 N–H and O–H groups in total. The maximum Gasteiger partial charge on any atom is 0.318 e. The number of hydrogen-bond acceptors (Lipinski definition) is 3. The van der Waals surface area contributed by atoms with Gasteiger partial charge in [0, 0.05) is 24.5 Å². The second-order valence-corrected chi connectivity index (χ2v) is 6.29. The zero-order chi connectivity index (χ0) is 17.8. The van der Waals surface area contributed by atoms with Crippen molar-refractivity contribution in [2.45, 2.75) is 32.5 Å². The van der Waals surface area contributed by atoms with Gasteiger partial charge in [0.25, 0.3) is 0 Å². The third-order valence-electron chi connectivity index (χ3n) is 4.17. The van der Waals surface area contributed by atoms with Crippen molar-refractivity contribution in [3.8, 4) is 0 Å². The Hall–Kier alpha value is -2.54. The third kappa shape index (κ3) is 3.93. The van der Waals surface area contributed by atoms with Crippen LogP contribution in [0.3, 0.4) is 0 Å². The quantitative estimate of drug-likeness (QED) is 0.776. The SMILES string of the molecule is CCNC(=O)N1Cc2[nH]cnc2C[C@H]1C(=O)NCc1ccc(Cl)cc1. The highest BCUT2D eigenvalue weighted by molar-refractivity contribution is 6.30. The first kappa shape index (κ1) is 17.3. The van der Waals surface area contributed by atoms with E-state index in [1.54, 1.807) is 23.4 Å². The van der Waals surface area contributed by atoms with Gasteiger partial charge in [-0.3, -0.25) is 4.79 Å². The summed E-state index contributed by atoms with van der Waals surface area (Å²) in [4.78, 5) is 33.9. The normalized spacial score (nSPS) is 16.2. The van der Waals surface area contributed by atoms with Crippen LogP contribution in [0.5, 0.6) is 0 Å². The van der Waals surface area contributed by atoms with Crippen molar-refractivity contribution in [1.29, 1.82) is 0 Å². The number of imidazole rings is 1. The van der Waals surface area contributed by atoms with Gasteiger partial charge in [-0.15, -0.1) is 0 Å². The number of aromatic amines is 1.